The Morgan fingerprint density at radius 3 is 2.70 bits per heavy atom. The van der Waals surface area contributed by atoms with E-state index in [1.807, 2.05) is 30.3 Å². The molecule has 1 aromatic rings. The van der Waals surface area contributed by atoms with Crippen LogP contribution in [0.2, 0.25) is 0 Å². The summed E-state index contributed by atoms with van der Waals surface area (Å²) in [5.74, 6) is -1.32. The van der Waals surface area contributed by atoms with Gasteiger partial charge in [-0.15, -0.1) is 0 Å². The Hall–Kier alpha value is -1.88. The van der Waals surface area contributed by atoms with Gasteiger partial charge in [0.2, 0.25) is 5.91 Å². The number of benzene rings is 1. The van der Waals surface area contributed by atoms with Crippen LogP contribution in [0.1, 0.15) is 24.8 Å². The summed E-state index contributed by atoms with van der Waals surface area (Å²) in [4.78, 5) is 23.1. The van der Waals surface area contributed by atoms with Gasteiger partial charge in [0.15, 0.2) is 0 Å². The van der Waals surface area contributed by atoms with Gasteiger partial charge in [-0.1, -0.05) is 30.3 Å². The van der Waals surface area contributed by atoms with Crippen LogP contribution in [0.5, 0.6) is 0 Å². The lowest BCUT2D eigenvalue weighted by molar-refractivity contribution is -0.143. The highest BCUT2D eigenvalue weighted by Gasteiger charge is 2.27. The average molecular weight is 277 g/mol. The van der Waals surface area contributed by atoms with Crippen LogP contribution in [0.15, 0.2) is 30.3 Å². The number of rotatable bonds is 6. The summed E-state index contributed by atoms with van der Waals surface area (Å²) < 4.78 is 5.25. The maximum absolute atomic E-state index is 11.9. The maximum Gasteiger partial charge on any atom is 0.326 e. The number of hydrogen-bond donors (Lipinski definition) is 2. The van der Waals surface area contributed by atoms with Crippen LogP contribution < -0.4 is 5.32 Å². The first-order chi connectivity index (χ1) is 9.66. The minimum absolute atomic E-state index is 0.317. The first-order valence-corrected chi connectivity index (χ1v) is 6.85. The molecule has 20 heavy (non-hydrogen) atoms. The van der Waals surface area contributed by atoms with E-state index < -0.39 is 18.1 Å². The summed E-state index contributed by atoms with van der Waals surface area (Å²) in [5, 5.41) is 11.8. The molecule has 2 rings (SSSR count). The van der Waals surface area contributed by atoms with E-state index in [0.717, 1.165) is 12.0 Å². The zero-order chi connectivity index (χ0) is 14.4. The number of nitrogens with one attached hydrogen (secondary N) is 1. The molecule has 1 aliphatic heterocycles. The van der Waals surface area contributed by atoms with Gasteiger partial charge in [0, 0.05) is 6.61 Å². The van der Waals surface area contributed by atoms with Gasteiger partial charge in [0.25, 0.3) is 0 Å². The molecule has 0 aliphatic carbocycles. The third kappa shape index (κ3) is 4.06. The quantitative estimate of drug-likeness (QED) is 0.823. The molecule has 0 aromatic heterocycles. The number of carboxylic acids is 1. The van der Waals surface area contributed by atoms with Crippen LogP contribution in [-0.2, 0) is 20.7 Å². The van der Waals surface area contributed by atoms with Crippen LogP contribution in [0.3, 0.4) is 0 Å². The number of ether oxygens (including phenoxy) is 1. The monoisotopic (exact) mass is 277 g/mol. The molecule has 0 spiro atoms. The first kappa shape index (κ1) is 14.5. The zero-order valence-electron chi connectivity index (χ0n) is 11.2. The molecule has 0 saturated carbocycles. The lowest BCUT2D eigenvalue weighted by Gasteiger charge is -2.17. The van der Waals surface area contributed by atoms with Gasteiger partial charge in [-0.2, -0.15) is 0 Å². The number of aliphatic carboxylic acids is 1. The summed E-state index contributed by atoms with van der Waals surface area (Å²) in [6, 6.07) is 8.76. The Morgan fingerprint density at radius 1 is 1.35 bits per heavy atom. The Balaban J connectivity index is 1.87. The number of carbonyl (C=O) groups is 2. The Kier molecular flexibility index (Phi) is 5.12. The fourth-order valence-electron chi connectivity index (χ4n) is 2.26. The van der Waals surface area contributed by atoms with Crippen molar-refractivity contribution in [2.45, 2.75) is 37.8 Å². The highest BCUT2D eigenvalue weighted by molar-refractivity contribution is 5.86. The highest BCUT2D eigenvalue weighted by Crippen LogP contribution is 2.13. The van der Waals surface area contributed by atoms with E-state index in [9.17, 15) is 14.7 Å². The van der Waals surface area contributed by atoms with Crippen molar-refractivity contribution in [3.05, 3.63) is 35.9 Å². The number of carbonyl (C=O) groups excluding carboxylic acids is 1. The molecule has 0 bridgehead atoms. The Labute approximate surface area is 117 Å². The molecule has 5 nitrogen and oxygen atoms in total. The van der Waals surface area contributed by atoms with E-state index in [1.165, 1.54) is 0 Å². The molecule has 1 amide bonds. The number of hydrogen-bond acceptors (Lipinski definition) is 3. The van der Waals surface area contributed by atoms with Crippen LogP contribution in [0, 0.1) is 0 Å². The molecule has 0 unspecified atom stereocenters. The smallest absolute Gasteiger partial charge is 0.326 e. The fourth-order valence-corrected chi connectivity index (χ4v) is 2.26. The van der Waals surface area contributed by atoms with Gasteiger partial charge < -0.3 is 15.2 Å². The number of carboxylic acid groups (broad SMARTS) is 1. The molecule has 1 aliphatic rings. The van der Waals surface area contributed by atoms with Gasteiger partial charge in [-0.05, 0) is 31.2 Å². The van der Waals surface area contributed by atoms with Crippen molar-refractivity contribution in [1.29, 1.82) is 0 Å². The summed E-state index contributed by atoms with van der Waals surface area (Å²) in [7, 11) is 0. The molecule has 2 atom stereocenters. The van der Waals surface area contributed by atoms with E-state index in [4.69, 9.17) is 4.74 Å². The van der Waals surface area contributed by atoms with Crippen LogP contribution >= 0.6 is 0 Å². The summed E-state index contributed by atoms with van der Waals surface area (Å²) in [6.07, 6.45) is 2.01. The van der Waals surface area contributed by atoms with E-state index in [0.29, 0.717) is 25.9 Å². The molecule has 0 radical (unpaired) electrons. The summed E-state index contributed by atoms with van der Waals surface area (Å²) in [6.45, 7) is 0.569. The Bertz CT molecular complexity index is 454. The number of aryl methyl sites for hydroxylation is 1. The van der Waals surface area contributed by atoms with Gasteiger partial charge in [0.1, 0.15) is 12.1 Å². The van der Waals surface area contributed by atoms with Crippen molar-refractivity contribution in [2.75, 3.05) is 6.61 Å². The van der Waals surface area contributed by atoms with Crippen molar-refractivity contribution in [3.8, 4) is 0 Å². The van der Waals surface area contributed by atoms with Crippen molar-refractivity contribution >= 4 is 11.9 Å². The predicted octanol–water partition coefficient (Wildman–Crippen LogP) is 1.37. The molecule has 1 heterocycles. The largest absolute Gasteiger partial charge is 0.480 e. The third-order valence-corrected chi connectivity index (χ3v) is 3.40. The molecule has 1 fully saturated rings. The van der Waals surface area contributed by atoms with E-state index in [-0.39, 0.29) is 5.91 Å². The molecule has 2 N–H and O–H groups in total. The molecular formula is C15H19NO4. The van der Waals surface area contributed by atoms with E-state index in [2.05, 4.69) is 5.32 Å². The van der Waals surface area contributed by atoms with Crippen molar-refractivity contribution in [3.63, 3.8) is 0 Å². The van der Waals surface area contributed by atoms with Crippen molar-refractivity contribution in [2.24, 2.45) is 0 Å². The topological polar surface area (TPSA) is 75.6 Å². The SMILES string of the molecule is O=C(O)[C@@H](CCc1ccccc1)NC(=O)[C@H]1CCCO1. The average Bonchev–Trinajstić information content (AvgIpc) is 2.98. The highest BCUT2D eigenvalue weighted by atomic mass is 16.5. The Morgan fingerprint density at radius 2 is 2.10 bits per heavy atom. The standard InChI is InChI=1S/C15H19NO4/c17-14(13-7-4-10-20-13)16-12(15(18)19)9-8-11-5-2-1-3-6-11/h1-3,5-6,12-13H,4,7-10H2,(H,16,17)(H,18,19)/t12-,13-/m1/s1. The predicted molar refractivity (Wildman–Crippen MR) is 73.3 cm³/mol. The third-order valence-electron chi connectivity index (χ3n) is 3.40. The van der Waals surface area contributed by atoms with Crippen molar-refractivity contribution < 1.29 is 19.4 Å². The minimum atomic E-state index is -1.01. The molecule has 1 aromatic carbocycles. The molecule has 5 heteroatoms. The normalized spacial score (nSPS) is 19.5. The zero-order valence-corrected chi connectivity index (χ0v) is 11.2. The van der Waals surface area contributed by atoms with Gasteiger partial charge in [0.05, 0.1) is 0 Å². The fraction of sp³-hybridized carbons (Fsp3) is 0.467. The second-order valence-electron chi connectivity index (χ2n) is 4.93. The van der Waals surface area contributed by atoms with Crippen LogP contribution in [-0.4, -0.2) is 35.7 Å². The second-order valence-corrected chi connectivity index (χ2v) is 4.93. The van der Waals surface area contributed by atoms with Gasteiger partial charge in [-0.25, -0.2) is 4.79 Å². The van der Waals surface area contributed by atoms with Gasteiger partial charge >= 0.3 is 5.97 Å². The maximum atomic E-state index is 11.9. The first-order valence-electron chi connectivity index (χ1n) is 6.85. The molecule has 1 saturated heterocycles. The number of amides is 1. The van der Waals surface area contributed by atoms with E-state index >= 15 is 0 Å². The second kappa shape index (κ2) is 7.05. The van der Waals surface area contributed by atoms with E-state index in [1.54, 1.807) is 0 Å². The summed E-state index contributed by atoms with van der Waals surface area (Å²) >= 11 is 0. The minimum Gasteiger partial charge on any atom is -0.480 e. The van der Waals surface area contributed by atoms with Crippen molar-refractivity contribution in [1.82, 2.24) is 5.32 Å². The molecular weight excluding hydrogens is 258 g/mol. The van der Waals surface area contributed by atoms with Crippen LogP contribution in [0.4, 0.5) is 0 Å². The lowest BCUT2D eigenvalue weighted by atomic mass is 10.0. The van der Waals surface area contributed by atoms with Crippen LogP contribution in [0.25, 0.3) is 0 Å². The summed E-state index contributed by atoms with van der Waals surface area (Å²) in [5.41, 5.74) is 1.06. The van der Waals surface area contributed by atoms with Gasteiger partial charge in [-0.3, -0.25) is 4.79 Å². The lowest BCUT2D eigenvalue weighted by Crippen LogP contribution is -2.45. The molecule has 108 valence electrons.